The molecule has 0 unspecified atom stereocenters. The molecule has 0 bridgehead atoms. The number of aliphatic hydroxyl groups is 6. The number of ether oxygens (including phenoxy) is 3. The Hall–Kier alpha value is -1.42. The molecule has 25 heavy (non-hydrogen) atoms. The zero-order valence-corrected chi connectivity index (χ0v) is 12.4. The van der Waals surface area contributed by atoms with Crippen molar-refractivity contribution in [1.82, 2.24) is 0 Å². The first-order valence-corrected chi connectivity index (χ1v) is 7.06. The van der Waals surface area contributed by atoms with Crippen LogP contribution in [0.2, 0.25) is 0 Å². The van der Waals surface area contributed by atoms with Crippen LogP contribution < -0.4 is 0 Å². The van der Waals surface area contributed by atoms with Crippen molar-refractivity contribution in [2.75, 3.05) is 0 Å². The molecule has 0 amide bonds. The zero-order chi connectivity index (χ0) is 19.0. The molecule has 144 valence electrons. The summed E-state index contributed by atoms with van der Waals surface area (Å²) in [5, 5.41) is 75.9. The van der Waals surface area contributed by atoms with E-state index in [4.69, 9.17) is 19.7 Å². The van der Waals surface area contributed by atoms with Crippen LogP contribution in [0.3, 0.4) is 0 Å². The maximum atomic E-state index is 11.2. The molecule has 0 aromatic heterocycles. The fourth-order valence-electron chi connectivity index (χ4n) is 2.52. The fraction of sp³-hybridized carbons (Fsp3) is 0.833. The summed E-state index contributed by atoms with van der Waals surface area (Å²) >= 11 is 0. The third-order valence-corrected chi connectivity index (χ3v) is 3.91. The Morgan fingerprint density at radius 2 is 1.24 bits per heavy atom. The highest BCUT2D eigenvalue weighted by Crippen LogP contribution is 2.28. The number of rotatable bonds is 4. The van der Waals surface area contributed by atoms with Crippen LogP contribution >= 0.6 is 0 Å². The summed E-state index contributed by atoms with van der Waals surface area (Å²) in [6.45, 7) is 0. The molecule has 0 spiro atoms. The molecule has 2 fully saturated rings. The lowest BCUT2D eigenvalue weighted by atomic mass is 9.96. The predicted molar refractivity (Wildman–Crippen MR) is 69.7 cm³/mol. The van der Waals surface area contributed by atoms with Gasteiger partial charge in [-0.05, 0) is 0 Å². The number of aliphatic hydroxyl groups excluding tert-OH is 6. The van der Waals surface area contributed by atoms with E-state index >= 15 is 0 Å². The highest BCUT2D eigenvalue weighted by molar-refractivity contribution is 5.74. The van der Waals surface area contributed by atoms with Crippen LogP contribution in [0.4, 0.5) is 0 Å². The molecule has 0 aromatic rings. The number of hydrogen-bond acceptors (Lipinski definition) is 11. The average Bonchev–Trinajstić information content (AvgIpc) is 2.54. The molecule has 2 heterocycles. The smallest absolute Gasteiger partial charge is 0.335 e. The van der Waals surface area contributed by atoms with Gasteiger partial charge in [-0.2, -0.15) is 0 Å². The Labute approximate surface area is 139 Å². The quantitative estimate of drug-likeness (QED) is 0.232. The average molecular weight is 370 g/mol. The highest BCUT2D eigenvalue weighted by Gasteiger charge is 2.53. The molecule has 13 heteroatoms. The summed E-state index contributed by atoms with van der Waals surface area (Å²) in [6.07, 6.45) is -19.9. The minimum Gasteiger partial charge on any atom is -0.479 e. The minimum atomic E-state index is -2.03. The topological polar surface area (TPSA) is 224 Å². The maximum absolute atomic E-state index is 11.2. The van der Waals surface area contributed by atoms with E-state index in [0.29, 0.717) is 0 Å². The summed E-state index contributed by atoms with van der Waals surface area (Å²) in [5.74, 6) is -3.39. The van der Waals surface area contributed by atoms with Crippen molar-refractivity contribution in [3.63, 3.8) is 0 Å². The summed E-state index contributed by atoms with van der Waals surface area (Å²) in [4.78, 5) is 22.2. The Kier molecular flexibility index (Phi) is 5.93. The standard InChI is InChI=1S/C12H18O13/c13-1-2(14)7(9(18)19)25-12(5(1)17)24-6-3(15)4(16)11(22)23-8(6)10(20)21/h1-8,11-17,22H,(H,18,19)(H,20,21)/t1-,2+,3-,4+,5+,6+,7-,8-,11-,12-/m0/s1. The summed E-state index contributed by atoms with van der Waals surface area (Å²) in [6, 6.07) is 0. The Balaban J connectivity index is 2.22. The van der Waals surface area contributed by atoms with Crippen molar-refractivity contribution in [2.24, 2.45) is 0 Å². The van der Waals surface area contributed by atoms with Gasteiger partial charge in [-0.3, -0.25) is 0 Å². The molecule has 2 aliphatic rings. The molecule has 2 aliphatic heterocycles. The maximum Gasteiger partial charge on any atom is 0.335 e. The van der Waals surface area contributed by atoms with Gasteiger partial charge < -0.3 is 55.1 Å². The van der Waals surface area contributed by atoms with Crippen LogP contribution in [-0.4, -0.2) is 114 Å². The molecule has 2 rings (SSSR count). The van der Waals surface area contributed by atoms with Crippen molar-refractivity contribution >= 4 is 11.9 Å². The van der Waals surface area contributed by atoms with Gasteiger partial charge in [0.05, 0.1) is 0 Å². The molecule has 0 saturated carbocycles. The molecule has 0 aliphatic carbocycles. The second-order valence-electron chi connectivity index (χ2n) is 5.60. The number of carboxylic acids is 2. The lowest BCUT2D eigenvalue weighted by Crippen LogP contribution is -2.65. The van der Waals surface area contributed by atoms with Crippen LogP contribution in [0, 0.1) is 0 Å². The van der Waals surface area contributed by atoms with Crippen LogP contribution in [0.5, 0.6) is 0 Å². The number of aliphatic carboxylic acids is 2. The van der Waals surface area contributed by atoms with Crippen molar-refractivity contribution in [3.05, 3.63) is 0 Å². The molecule has 10 atom stereocenters. The van der Waals surface area contributed by atoms with E-state index in [0.717, 1.165) is 0 Å². The second-order valence-corrected chi connectivity index (χ2v) is 5.60. The second kappa shape index (κ2) is 7.45. The SMILES string of the molecule is O=C(O)[C@H]1O[C@H](O[C@@H]2[C@@H](O)[C@@H](O)[C@@H](O)O[C@@H]2C(=O)O)[C@H](O)[C@@H](O)[C@H]1O. The van der Waals surface area contributed by atoms with Crippen molar-refractivity contribution in [1.29, 1.82) is 0 Å². The minimum absolute atomic E-state index is 1.70. The van der Waals surface area contributed by atoms with Gasteiger partial charge in [0.1, 0.15) is 36.6 Å². The molecule has 13 nitrogen and oxygen atoms in total. The number of hydrogen-bond donors (Lipinski definition) is 8. The lowest BCUT2D eigenvalue weighted by Gasteiger charge is -2.44. The molecule has 8 N–H and O–H groups in total. The first kappa shape index (κ1) is 19.9. The van der Waals surface area contributed by atoms with Crippen molar-refractivity contribution in [2.45, 2.75) is 61.4 Å². The summed E-state index contributed by atoms with van der Waals surface area (Å²) in [5.41, 5.74) is 0. The van der Waals surface area contributed by atoms with Crippen LogP contribution in [0.15, 0.2) is 0 Å². The monoisotopic (exact) mass is 370 g/mol. The first-order valence-electron chi connectivity index (χ1n) is 7.06. The Bertz CT molecular complexity index is 511. The molecule has 2 saturated heterocycles. The number of carbonyl (C=O) groups is 2. The van der Waals surface area contributed by atoms with E-state index in [-0.39, 0.29) is 0 Å². The molecular formula is C12H18O13. The highest BCUT2D eigenvalue weighted by atomic mass is 16.7. The van der Waals surface area contributed by atoms with Gasteiger partial charge >= 0.3 is 11.9 Å². The van der Waals surface area contributed by atoms with Gasteiger partial charge in [-0.25, -0.2) is 9.59 Å². The Morgan fingerprint density at radius 1 is 0.680 bits per heavy atom. The predicted octanol–water partition coefficient (Wildman–Crippen LogP) is -5.21. The fourth-order valence-corrected chi connectivity index (χ4v) is 2.52. The third-order valence-electron chi connectivity index (χ3n) is 3.91. The first-order chi connectivity index (χ1) is 11.6. The van der Waals surface area contributed by atoms with Gasteiger partial charge in [0.15, 0.2) is 24.8 Å². The third kappa shape index (κ3) is 3.74. The normalized spacial score (nSPS) is 48.1. The van der Waals surface area contributed by atoms with Crippen molar-refractivity contribution in [3.8, 4) is 0 Å². The van der Waals surface area contributed by atoms with Crippen molar-refractivity contribution < 1.29 is 64.7 Å². The molecule has 0 radical (unpaired) electrons. The van der Waals surface area contributed by atoms with E-state index < -0.39 is 73.4 Å². The number of carboxylic acid groups (broad SMARTS) is 2. The van der Waals surface area contributed by atoms with E-state index in [1.807, 2.05) is 0 Å². The van der Waals surface area contributed by atoms with Gasteiger partial charge in [0, 0.05) is 0 Å². The molecule has 0 aromatic carbocycles. The van der Waals surface area contributed by atoms with Gasteiger partial charge in [0.2, 0.25) is 0 Å². The van der Waals surface area contributed by atoms with Crippen LogP contribution in [0.1, 0.15) is 0 Å². The Morgan fingerprint density at radius 3 is 1.76 bits per heavy atom. The lowest BCUT2D eigenvalue weighted by molar-refractivity contribution is -0.346. The van der Waals surface area contributed by atoms with E-state index in [2.05, 4.69) is 4.74 Å². The van der Waals surface area contributed by atoms with Gasteiger partial charge in [-0.15, -0.1) is 0 Å². The van der Waals surface area contributed by atoms with Gasteiger partial charge in [0.25, 0.3) is 0 Å². The van der Waals surface area contributed by atoms with Crippen LogP contribution in [-0.2, 0) is 23.8 Å². The van der Waals surface area contributed by atoms with Crippen LogP contribution in [0.25, 0.3) is 0 Å². The summed E-state index contributed by atoms with van der Waals surface area (Å²) in [7, 11) is 0. The molecular weight excluding hydrogens is 352 g/mol. The largest absolute Gasteiger partial charge is 0.479 e. The van der Waals surface area contributed by atoms with E-state index in [1.54, 1.807) is 0 Å². The summed E-state index contributed by atoms with van der Waals surface area (Å²) < 4.78 is 14.4. The van der Waals surface area contributed by atoms with Gasteiger partial charge in [-0.1, -0.05) is 0 Å². The zero-order valence-electron chi connectivity index (χ0n) is 12.4. The van der Waals surface area contributed by atoms with E-state index in [9.17, 15) is 40.2 Å². The van der Waals surface area contributed by atoms with E-state index in [1.165, 1.54) is 0 Å².